The van der Waals surface area contributed by atoms with Gasteiger partial charge < -0.3 is 0 Å². The summed E-state index contributed by atoms with van der Waals surface area (Å²) in [7, 11) is 0. The van der Waals surface area contributed by atoms with Crippen LogP contribution in [0.3, 0.4) is 0 Å². The largest absolute Gasteiger partial charge is 0.291 e. The fourth-order valence-corrected chi connectivity index (χ4v) is 5.59. The molecule has 0 saturated heterocycles. The Morgan fingerprint density at radius 1 is 0.593 bits per heavy atom. The van der Waals surface area contributed by atoms with Gasteiger partial charge in [0, 0.05) is 23.6 Å². The molecule has 0 saturated carbocycles. The highest BCUT2D eigenvalue weighted by Gasteiger charge is 2.48. The summed E-state index contributed by atoms with van der Waals surface area (Å²) < 4.78 is 5.13. The van der Waals surface area contributed by atoms with E-state index in [1.807, 2.05) is 0 Å². The van der Waals surface area contributed by atoms with Crippen molar-refractivity contribution in [3.05, 3.63) is 55.9 Å². The van der Waals surface area contributed by atoms with Crippen molar-refractivity contribution in [2.24, 2.45) is 0 Å². The van der Waals surface area contributed by atoms with Crippen LogP contribution in [0.15, 0.2) is 0 Å². The Bertz CT molecular complexity index is 1170. The van der Waals surface area contributed by atoms with Gasteiger partial charge in [0.05, 0.1) is 0 Å². The summed E-state index contributed by atoms with van der Waals surface area (Å²) in [6.45, 7) is 25.4. The van der Waals surface area contributed by atoms with E-state index < -0.39 is 0 Å². The third-order valence-corrected chi connectivity index (χ3v) is 7.76. The van der Waals surface area contributed by atoms with Crippen molar-refractivity contribution in [2.75, 3.05) is 0 Å². The van der Waals surface area contributed by atoms with Gasteiger partial charge in [-0.05, 0) is 103 Å². The monoisotopic (exact) mass is 361 g/mol. The fraction of sp³-hybridized carbons (Fsp3) is 0.480. The molecular weight excluding hydrogens is 328 g/mol. The van der Waals surface area contributed by atoms with Gasteiger partial charge in [-0.1, -0.05) is 0 Å². The molecular formula is C25H33N2+. The predicted octanol–water partition coefficient (Wildman–Crippen LogP) is 5.77. The lowest BCUT2D eigenvalue weighted by atomic mass is 9.82. The second-order valence-corrected chi connectivity index (χ2v) is 9.20. The molecule has 27 heavy (non-hydrogen) atoms. The van der Waals surface area contributed by atoms with Gasteiger partial charge in [-0.2, -0.15) is 4.40 Å². The van der Waals surface area contributed by atoms with Gasteiger partial charge >= 0.3 is 0 Å². The number of aromatic nitrogens is 2. The van der Waals surface area contributed by atoms with Gasteiger partial charge in [-0.3, -0.25) is 0 Å². The van der Waals surface area contributed by atoms with Crippen molar-refractivity contribution in [3.8, 4) is 11.3 Å². The molecule has 0 bridgehead atoms. The van der Waals surface area contributed by atoms with Crippen LogP contribution < -0.4 is 4.57 Å². The third-order valence-electron chi connectivity index (χ3n) is 7.76. The van der Waals surface area contributed by atoms with Gasteiger partial charge in [0.1, 0.15) is 11.2 Å². The van der Waals surface area contributed by atoms with E-state index in [-0.39, 0.29) is 5.54 Å². The molecule has 0 atom stereocenters. The van der Waals surface area contributed by atoms with Crippen LogP contribution in [0.2, 0.25) is 0 Å². The first-order chi connectivity index (χ1) is 12.4. The maximum atomic E-state index is 2.63. The van der Waals surface area contributed by atoms with Crippen LogP contribution in [0.5, 0.6) is 0 Å². The molecule has 4 rings (SSSR count). The molecule has 0 unspecified atom stereocenters. The van der Waals surface area contributed by atoms with Crippen LogP contribution in [0.25, 0.3) is 16.9 Å². The Hall–Kier alpha value is -2.09. The summed E-state index contributed by atoms with van der Waals surface area (Å²) in [4.78, 5) is 0. The number of hydrogen-bond acceptors (Lipinski definition) is 0. The van der Waals surface area contributed by atoms with E-state index in [0.717, 1.165) is 0 Å². The normalized spacial score (nSPS) is 14.8. The Morgan fingerprint density at radius 2 is 1.11 bits per heavy atom. The molecule has 1 aliphatic rings. The molecule has 0 N–H and O–H groups in total. The van der Waals surface area contributed by atoms with Crippen LogP contribution >= 0.6 is 0 Å². The predicted molar refractivity (Wildman–Crippen MR) is 114 cm³/mol. The topological polar surface area (TPSA) is 8.29 Å². The summed E-state index contributed by atoms with van der Waals surface area (Å²) in [5, 5.41) is 0. The average molecular weight is 362 g/mol. The van der Waals surface area contributed by atoms with Gasteiger partial charge in [-0.25, -0.2) is 4.57 Å². The lowest BCUT2D eigenvalue weighted by Crippen LogP contribution is -2.51. The number of benzene rings is 1. The molecule has 0 spiro atoms. The number of pyridine rings is 1. The molecule has 1 aromatic carbocycles. The fourth-order valence-electron chi connectivity index (χ4n) is 5.59. The molecule has 2 aromatic heterocycles. The Labute approximate surface area is 163 Å². The Balaban J connectivity index is 2.34. The second kappa shape index (κ2) is 5.25. The van der Waals surface area contributed by atoms with E-state index in [4.69, 9.17) is 0 Å². The van der Waals surface area contributed by atoms with Crippen LogP contribution in [-0.2, 0) is 5.54 Å². The first kappa shape index (κ1) is 18.3. The first-order valence-electron chi connectivity index (χ1n) is 10.1. The number of aryl methyl sites for hydroxylation is 3. The van der Waals surface area contributed by atoms with Crippen LogP contribution in [0, 0.1) is 62.3 Å². The summed E-state index contributed by atoms with van der Waals surface area (Å²) in [5.41, 5.74) is 18.4. The highest BCUT2D eigenvalue weighted by Crippen LogP contribution is 2.46. The van der Waals surface area contributed by atoms with Crippen LogP contribution in [-0.4, -0.2) is 4.40 Å². The lowest BCUT2D eigenvalue weighted by molar-refractivity contribution is -0.707. The van der Waals surface area contributed by atoms with Crippen molar-refractivity contribution >= 4 is 5.65 Å². The van der Waals surface area contributed by atoms with E-state index >= 15 is 0 Å². The molecule has 0 radical (unpaired) electrons. The van der Waals surface area contributed by atoms with Crippen molar-refractivity contribution in [1.82, 2.24) is 4.40 Å². The van der Waals surface area contributed by atoms with Crippen molar-refractivity contribution in [3.63, 3.8) is 0 Å². The SMILES string of the molecule is Cc1c(C)c(C)c2c(c1C)-c1c(C)n3c(C)c(C)c(C)c(C)c3[n+]1C2(C)C. The van der Waals surface area contributed by atoms with E-state index in [0.29, 0.717) is 0 Å². The van der Waals surface area contributed by atoms with Gasteiger partial charge in [0.2, 0.25) is 0 Å². The minimum absolute atomic E-state index is 0.0591. The molecule has 2 nitrogen and oxygen atoms in total. The molecule has 1 aliphatic heterocycles. The average Bonchev–Trinajstić information content (AvgIpc) is 3.05. The van der Waals surface area contributed by atoms with Crippen molar-refractivity contribution in [1.29, 1.82) is 0 Å². The molecule has 2 heteroatoms. The lowest BCUT2D eigenvalue weighted by Gasteiger charge is -2.24. The number of hydrogen-bond donors (Lipinski definition) is 0. The number of nitrogens with zero attached hydrogens (tertiary/aromatic N) is 2. The minimum atomic E-state index is -0.0591. The number of imidazole rings is 1. The molecule has 142 valence electrons. The van der Waals surface area contributed by atoms with E-state index in [9.17, 15) is 0 Å². The van der Waals surface area contributed by atoms with Gasteiger partial charge in [-0.15, -0.1) is 0 Å². The molecule has 3 heterocycles. The van der Waals surface area contributed by atoms with Gasteiger partial charge in [0.25, 0.3) is 5.65 Å². The zero-order chi connectivity index (χ0) is 20.2. The summed E-state index contributed by atoms with van der Waals surface area (Å²) in [5.74, 6) is 0. The minimum Gasteiger partial charge on any atom is -0.213 e. The summed E-state index contributed by atoms with van der Waals surface area (Å²) in [6, 6.07) is 0. The molecule has 3 aromatic rings. The highest BCUT2D eigenvalue weighted by atomic mass is 15.2. The molecule has 0 amide bonds. The second-order valence-electron chi connectivity index (χ2n) is 9.20. The smallest absolute Gasteiger partial charge is 0.213 e. The number of fused-ring (bicyclic) bond motifs is 5. The zero-order valence-corrected chi connectivity index (χ0v) is 18.9. The summed E-state index contributed by atoms with van der Waals surface area (Å²) in [6.07, 6.45) is 0. The van der Waals surface area contributed by atoms with Gasteiger partial charge in [0.15, 0.2) is 11.4 Å². The Kier molecular flexibility index (Phi) is 3.55. The maximum absolute atomic E-state index is 2.63. The zero-order valence-electron chi connectivity index (χ0n) is 18.9. The quantitative estimate of drug-likeness (QED) is 0.450. The van der Waals surface area contributed by atoms with Crippen LogP contribution in [0.4, 0.5) is 0 Å². The van der Waals surface area contributed by atoms with E-state index in [2.05, 4.69) is 85.1 Å². The Morgan fingerprint density at radius 3 is 1.70 bits per heavy atom. The standard InChI is InChI=1S/C25H33N2/c1-12-13(2)17(6)22-21(16(12)5)23-20(9)26-19(8)15(4)14(3)18(7)24(26)27(23)25(22,10)11/h1-11H3/q+1. The van der Waals surface area contributed by atoms with E-state index in [1.165, 1.54) is 72.8 Å². The summed E-state index contributed by atoms with van der Waals surface area (Å²) >= 11 is 0. The van der Waals surface area contributed by atoms with Crippen molar-refractivity contribution < 1.29 is 4.57 Å². The first-order valence-corrected chi connectivity index (χ1v) is 10.1. The number of rotatable bonds is 0. The van der Waals surface area contributed by atoms with Crippen LogP contribution in [0.1, 0.15) is 69.7 Å². The molecule has 0 fully saturated rings. The van der Waals surface area contributed by atoms with Crippen molar-refractivity contribution in [2.45, 2.75) is 81.7 Å². The van der Waals surface area contributed by atoms with E-state index in [1.54, 1.807) is 0 Å². The maximum Gasteiger partial charge on any atom is 0.291 e. The molecule has 0 aliphatic carbocycles. The highest BCUT2D eigenvalue weighted by molar-refractivity contribution is 5.78. The third kappa shape index (κ3) is 1.89.